The Morgan fingerprint density at radius 1 is 1.22 bits per heavy atom. The van der Waals surface area contributed by atoms with Gasteiger partial charge in [-0.25, -0.2) is 0 Å². The van der Waals surface area contributed by atoms with Crippen molar-refractivity contribution in [3.05, 3.63) is 29.3 Å². The summed E-state index contributed by atoms with van der Waals surface area (Å²) < 4.78 is 5.61. The average molecular weight is 247 g/mol. The van der Waals surface area contributed by atoms with Gasteiger partial charge >= 0.3 is 0 Å². The van der Waals surface area contributed by atoms with E-state index in [4.69, 9.17) is 10.5 Å². The molecule has 0 spiro atoms. The fourth-order valence-corrected chi connectivity index (χ4v) is 3.14. The molecule has 0 aliphatic heterocycles. The van der Waals surface area contributed by atoms with Crippen LogP contribution in [0.4, 0.5) is 0 Å². The summed E-state index contributed by atoms with van der Waals surface area (Å²) in [5.74, 6) is 1.00. The fraction of sp³-hybridized carbons (Fsp3) is 0.625. The van der Waals surface area contributed by atoms with E-state index >= 15 is 0 Å². The molecule has 0 radical (unpaired) electrons. The minimum absolute atomic E-state index is 0.216. The van der Waals surface area contributed by atoms with Gasteiger partial charge in [0.1, 0.15) is 5.75 Å². The molecule has 0 amide bonds. The summed E-state index contributed by atoms with van der Waals surface area (Å²) in [6.07, 6.45) is 6.44. The molecule has 0 saturated heterocycles. The van der Waals surface area contributed by atoms with Crippen molar-refractivity contribution in [3.8, 4) is 5.75 Å². The van der Waals surface area contributed by atoms with Crippen LogP contribution in [0.2, 0.25) is 0 Å². The average Bonchev–Trinajstić information content (AvgIpc) is 2.42. The zero-order valence-electron chi connectivity index (χ0n) is 11.7. The topological polar surface area (TPSA) is 35.2 Å². The zero-order valence-corrected chi connectivity index (χ0v) is 11.7. The van der Waals surface area contributed by atoms with Gasteiger partial charge in [-0.1, -0.05) is 31.4 Å². The molecule has 2 rings (SSSR count). The first-order valence-corrected chi connectivity index (χ1v) is 7.16. The second-order valence-corrected chi connectivity index (χ2v) is 5.46. The Balaban J connectivity index is 2.28. The molecule has 2 nitrogen and oxygen atoms in total. The molecule has 0 unspecified atom stereocenters. The van der Waals surface area contributed by atoms with Crippen LogP contribution in [0.5, 0.6) is 5.75 Å². The molecule has 0 atom stereocenters. The highest BCUT2D eigenvalue weighted by Gasteiger charge is 2.32. The lowest BCUT2D eigenvalue weighted by Crippen LogP contribution is -2.37. The predicted octanol–water partition coefficient (Wildman–Crippen LogP) is 3.55. The highest BCUT2D eigenvalue weighted by molar-refractivity contribution is 5.40. The fourth-order valence-electron chi connectivity index (χ4n) is 3.14. The van der Waals surface area contributed by atoms with E-state index in [0.717, 1.165) is 18.9 Å². The molecule has 1 saturated carbocycles. The first-order valence-electron chi connectivity index (χ1n) is 7.16. The van der Waals surface area contributed by atoms with Crippen molar-refractivity contribution in [2.45, 2.75) is 51.4 Å². The van der Waals surface area contributed by atoms with Gasteiger partial charge < -0.3 is 10.5 Å². The van der Waals surface area contributed by atoms with Crippen LogP contribution in [0.1, 0.15) is 50.2 Å². The van der Waals surface area contributed by atoms with Crippen LogP contribution in [0.25, 0.3) is 0 Å². The lowest BCUT2D eigenvalue weighted by atomic mass is 9.69. The summed E-state index contributed by atoms with van der Waals surface area (Å²) in [5.41, 5.74) is 8.94. The maximum Gasteiger partial charge on any atom is 0.122 e. The number of rotatable bonds is 4. The minimum atomic E-state index is 0.216. The van der Waals surface area contributed by atoms with E-state index in [1.807, 2.05) is 6.92 Å². The SMILES string of the molecule is CCOc1ccc(C2(CN)CCCCC2)cc1C. The normalized spacial score (nSPS) is 18.6. The maximum absolute atomic E-state index is 6.09. The number of ether oxygens (including phenoxy) is 1. The summed E-state index contributed by atoms with van der Waals surface area (Å²) >= 11 is 0. The van der Waals surface area contributed by atoms with Gasteiger partial charge in [0.15, 0.2) is 0 Å². The van der Waals surface area contributed by atoms with E-state index in [-0.39, 0.29) is 5.41 Å². The molecule has 1 aromatic carbocycles. The largest absolute Gasteiger partial charge is 0.494 e. The van der Waals surface area contributed by atoms with Crippen molar-refractivity contribution < 1.29 is 4.74 Å². The van der Waals surface area contributed by atoms with E-state index in [0.29, 0.717) is 0 Å². The number of aryl methyl sites for hydroxylation is 1. The van der Waals surface area contributed by atoms with Crippen LogP contribution in [0, 0.1) is 6.92 Å². The molecule has 0 heterocycles. The van der Waals surface area contributed by atoms with E-state index in [9.17, 15) is 0 Å². The van der Waals surface area contributed by atoms with Crippen molar-refractivity contribution >= 4 is 0 Å². The number of hydrogen-bond donors (Lipinski definition) is 1. The third-order valence-corrected chi connectivity index (χ3v) is 4.29. The Morgan fingerprint density at radius 2 is 1.94 bits per heavy atom. The maximum atomic E-state index is 6.09. The molecule has 1 aliphatic rings. The van der Waals surface area contributed by atoms with Gasteiger partial charge in [0.2, 0.25) is 0 Å². The standard InChI is InChI=1S/C16H25NO/c1-3-18-15-8-7-14(11-13(15)2)16(12-17)9-5-4-6-10-16/h7-8,11H,3-6,9-10,12,17H2,1-2H3. The van der Waals surface area contributed by atoms with Gasteiger partial charge in [-0.2, -0.15) is 0 Å². The van der Waals surface area contributed by atoms with Gasteiger partial charge in [0.05, 0.1) is 6.61 Å². The van der Waals surface area contributed by atoms with Crippen molar-refractivity contribution in [1.29, 1.82) is 0 Å². The molecule has 1 aromatic rings. The van der Waals surface area contributed by atoms with E-state index in [2.05, 4.69) is 25.1 Å². The molecule has 0 bridgehead atoms. The molecule has 2 heteroatoms. The summed E-state index contributed by atoms with van der Waals surface area (Å²) in [6, 6.07) is 6.61. The Kier molecular flexibility index (Phi) is 4.28. The molecule has 100 valence electrons. The van der Waals surface area contributed by atoms with Crippen molar-refractivity contribution in [2.75, 3.05) is 13.2 Å². The molecule has 2 N–H and O–H groups in total. The quantitative estimate of drug-likeness (QED) is 0.883. The predicted molar refractivity (Wildman–Crippen MR) is 76.2 cm³/mol. The molecule has 1 fully saturated rings. The molecular formula is C16H25NO. The van der Waals surface area contributed by atoms with Gasteiger partial charge in [-0.3, -0.25) is 0 Å². The lowest BCUT2D eigenvalue weighted by Gasteiger charge is -2.37. The van der Waals surface area contributed by atoms with E-state index in [1.165, 1.54) is 43.2 Å². The van der Waals surface area contributed by atoms with E-state index < -0.39 is 0 Å². The molecule has 18 heavy (non-hydrogen) atoms. The lowest BCUT2D eigenvalue weighted by molar-refractivity contribution is 0.299. The summed E-state index contributed by atoms with van der Waals surface area (Å²) in [6.45, 7) is 5.64. The number of nitrogens with two attached hydrogens (primary N) is 1. The molecule has 1 aliphatic carbocycles. The third-order valence-electron chi connectivity index (χ3n) is 4.29. The van der Waals surface area contributed by atoms with Crippen LogP contribution < -0.4 is 10.5 Å². The van der Waals surface area contributed by atoms with Crippen molar-refractivity contribution in [3.63, 3.8) is 0 Å². The van der Waals surface area contributed by atoms with E-state index in [1.54, 1.807) is 0 Å². The van der Waals surface area contributed by atoms with Crippen molar-refractivity contribution in [2.24, 2.45) is 5.73 Å². The third kappa shape index (κ3) is 2.54. The van der Waals surface area contributed by atoms with Crippen LogP contribution in [0.15, 0.2) is 18.2 Å². The Labute approximate surface area is 111 Å². The smallest absolute Gasteiger partial charge is 0.122 e. The van der Waals surface area contributed by atoms with Gasteiger partial charge in [0, 0.05) is 12.0 Å². The minimum Gasteiger partial charge on any atom is -0.494 e. The number of benzene rings is 1. The van der Waals surface area contributed by atoms with Crippen LogP contribution in [0.3, 0.4) is 0 Å². The highest BCUT2D eigenvalue weighted by atomic mass is 16.5. The van der Waals surface area contributed by atoms with Gasteiger partial charge in [0.25, 0.3) is 0 Å². The van der Waals surface area contributed by atoms with Crippen LogP contribution >= 0.6 is 0 Å². The van der Waals surface area contributed by atoms with Gasteiger partial charge in [-0.05, 0) is 43.9 Å². The molecular weight excluding hydrogens is 222 g/mol. The van der Waals surface area contributed by atoms with Crippen LogP contribution in [-0.4, -0.2) is 13.2 Å². The summed E-state index contributed by atoms with van der Waals surface area (Å²) in [5, 5.41) is 0. The number of hydrogen-bond acceptors (Lipinski definition) is 2. The Bertz CT molecular complexity index is 394. The van der Waals surface area contributed by atoms with Crippen LogP contribution in [-0.2, 0) is 5.41 Å². The first-order chi connectivity index (χ1) is 8.72. The van der Waals surface area contributed by atoms with Gasteiger partial charge in [-0.15, -0.1) is 0 Å². The highest BCUT2D eigenvalue weighted by Crippen LogP contribution is 2.39. The summed E-state index contributed by atoms with van der Waals surface area (Å²) in [7, 11) is 0. The van der Waals surface area contributed by atoms with Crippen molar-refractivity contribution in [1.82, 2.24) is 0 Å². The second kappa shape index (κ2) is 5.75. The Hall–Kier alpha value is -1.02. The second-order valence-electron chi connectivity index (χ2n) is 5.46. The molecule has 0 aromatic heterocycles. The summed E-state index contributed by atoms with van der Waals surface area (Å²) in [4.78, 5) is 0. The zero-order chi connectivity index (χ0) is 13.0. The Morgan fingerprint density at radius 3 is 2.50 bits per heavy atom. The monoisotopic (exact) mass is 247 g/mol. The first kappa shape index (κ1) is 13.4.